The van der Waals surface area contributed by atoms with E-state index in [1.165, 1.54) is 19.2 Å². The smallest absolute Gasteiger partial charge is 0.401 e. The van der Waals surface area contributed by atoms with Crippen molar-refractivity contribution in [1.29, 1.82) is 5.41 Å². The molecule has 8 heteroatoms. The molecule has 0 saturated carbocycles. The molecule has 0 aliphatic heterocycles. The second kappa shape index (κ2) is 6.12. The molecule has 1 aromatic carbocycles. The first-order valence-electron chi connectivity index (χ1n) is 5.23. The van der Waals surface area contributed by atoms with Crippen LogP contribution >= 0.6 is 11.6 Å². The molecule has 4 nitrogen and oxygen atoms in total. The number of halogens is 4. The molecule has 0 atom stereocenters. The highest BCUT2D eigenvalue weighted by molar-refractivity contribution is 6.34. The molecule has 0 saturated heterocycles. The zero-order chi connectivity index (χ0) is 14.6. The van der Waals surface area contributed by atoms with E-state index in [2.05, 4.69) is 5.32 Å². The van der Waals surface area contributed by atoms with E-state index in [0.29, 0.717) is 11.3 Å². The second-order valence-electron chi connectivity index (χ2n) is 3.78. The van der Waals surface area contributed by atoms with Gasteiger partial charge in [-0.05, 0) is 12.1 Å². The number of amidine groups is 1. The molecule has 19 heavy (non-hydrogen) atoms. The third kappa shape index (κ3) is 4.60. The number of hydrogen-bond donors (Lipinski definition) is 3. The second-order valence-corrected chi connectivity index (χ2v) is 4.18. The van der Waals surface area contributed by atoms with E-state index in [-0.39, 0.29) is 23.0 Å². The number of methoxy groups -OCH3 is 1. The van der Waals surface area contributed by atoms with E-state index in [4.69, 9.17) is 27.5 Å². The Morgan fingerprint density at radius 3 is 2.58 bits per heavy atom. The Morgan fingerprint density at radius 1 is 1.47 bits per heavy atom. The first-order chi connectivity index (χ1) is 8.74. The lowest BCUT2D eigenvalue weighted by atomic mass is 10.1. The summed E-state index contributed by atoms with van der Waals surface area (Å²) in [5.74, 6) is 0.0781. The van der Waals surface area contributed by atoms with Crippen LogP contribution in [0.5, 0.6) is 5.75 Å². The van der Waals surface area contributed by atoms with Crippen molar-refractivity contribution in [3.05, 3.63) is 28.3 Å². The Kier molecular flexibility index (Phi) is 5.02. The summed E-state index contributed by atoms with van der Waals surface area (Å²) in [6.45, 7) is -1.19. The molecule has 0 heterocycles. The van der Waals surface area contributed by atoms with Gasteiger partial charge < -0.3 is 15.8 Å². The number of hydrogen-bond acceptors (Lipinski definition) is 3. The van der Waals surface area contributed by atoms with E-state index in [9.17, 15) is 13.2 Å². The first kappa shape index (κ1) is 15.6. The standard InChI is InChI=1S/C11H13ClF3N3O/c1-19-9-3-8(12)7(10(16)17)2-6(9)4-18-5-11(13,14)15/h2-3,18H,4-5H2,1H3,(H3,16,17). The molecule has 0 amide bonds. The molecule has 0 radical (unpaired) electrons. The van der Waals surface area contributed by atoms with Gasteiger partial charge in [0.2, 0.25) is 0 Å². The fourth-order valence-electron chi connectivity index (χ4n) is 1.47. The van der Waals surface area contributed by atoms with Gasteiger partial charge >= 0.3 is 6.18 Å². The lowest BCUT2D eigenvalue weighted by Crippen LogP contribution is -2.28. The summed E-state index contributed by atoms with van der Waals surface area (Å²) < 4.78 is 41.2. The number of ether oxygens (including phenoxy) is 1. The minimum absolute atomic E-state index is 0.0693. The Labute approximate surface area is 113 Å². The average Bonchev–Trinajstić information content (AvgIpc) is 2.28. The van der Waals surface area contributed by atoms with Gasteiger partial charge in [-0.1, -0.05) is 11.6 Å². The summed E-state index contributed by atoms with van der Waals surface area (Å²) in [5, 5.41) is 9.78. The van der Waals surface area contributed by atoms with Crippen LogP contribution in [0.2, 0.25) is 5.02 Å². The maximum atomic E-state index is 12.0. The van der Waals surface area contributed by atoms with Crippen molar-refractivity contribution in [3.63, 3.8) is 0 Å². The van der Waals surface area contributed by atoms with E-state index >= 15 is 0 Å². The number of nitrogen functional groups attached to an aromatic ring is 1. The average molecular weight is 296 g/mol. The summed E-state index contributed by atoms with van der Waals surface area (Å²) in [6, 6.07) is 2.86. The third-order valence-electron chi connectivity index (χ3n) is 2.30. The normalized spacial score (nSPS) is 11.4. The van der Waals surface area contributed by atoms with Crippen molar-refractivity contribution in [2.75, 3.05) is 13.7 Å². The molecule has 0 aliphatic rings. The van der Waals surface area contributed by atoms with Gasteiger partial charge in [-0.25, -0.2) is 0 Å². The number of alkyl halides is 3. The summed E-state index contributed by atoms with van der Waals surface area (Å²) in [7, 11) is 1.38. The molecule has 1 aromatic rings. The maximum Gasteiger partial charge on any atom is 0.401 e. The van der Waals surface area contributed by atoms with Crippen LogP contribution in [0.3, 0.4) is 0 Å². The molecular weight excluding hydrogens is 283 g/mol. The van der Waals surface area contributed by atoms with Crippen LogP contribution in [0, 0.1) is 5.41 Å². The van der Waals surface area contributed by atoms with Crippen molar-refractivity contribution in [2.45, 2.75) is 12.7 Å². The maximum absolute atomic E-state index is 12.0. The predicted octanol–water partition coefficient (Wildman–Crippen LogP) is 2.28. The van der Waals surface area contributed by atoms with Crippen LogP contribution in [0.25, 0.3) is 0 Å². The van der Waals surface area contributed by atoms with Crippen molar-refractivity contribution in [1.82, 2.24) is 5.32 Å². The summed E-state index contributed by atoms with van der Waals surface area (Å²) >= 11 is 5.88. The molecule has 0 spiro atoms. The highest BCUT2D eigenvalue weighted by Gasteiger charge is 2.26. The van der Waals surface area contributed by atoms with Gasteiger partial charge in [0, 0.05) is 17.7 Å². The Hall–Kier alpha value is -1.47. The minimum Gasteiger partial charge on any atom is -0.496 e. The van der Waals surface area contributed by atoms with Gasteiger partial charge in [-0.2, -0.15) is 13.2 Å². The van der Waals surface area contributed by atoms with E-state index in [0.717, 1.165) is 0 Å². The van der Waals surface area contributed by atoms with Gasteiger partial charge in [-0.15, -0.1) is 0 Å². The summed E-state index contributed by atoms with van der Waals surface area (Å²) in [6.07, 6.45) is -4.29. The zero-order valence-corrected chi connectivity index (χ0v) is 10.8. The van der Waals surface area contributed by atoms with Crippen LogP contribution in [-0.2, 0) is 6.54 Å². The zero-order valence-electron chi connectivity index (χ0n) is 10.1. The topological polar surface area (TPSA) is 71.1 Å². The van der Waals surface area contributed by atoms with Gasteiger partial charge in [-0.3, -0.25) is 5.41 Å². The monoisotopic (exact) mass is 295 g/mol. The van der Waals surface area contributed by atoms with Crippen LogP contribution in [-0.4, -0.2) is 25.7 Å². The Balaban J connectivity index is 2.92. The lowest BCUT2D eigenvalue weighted by Gasteiger charge is -2.13. The van der Waals surface area contributed by atoms with Gasteiger partial charge in [0.25, 0.3) is 0 Å². The number of rotatable bonds is 5. The SMILES string of the molecule is COc1cc(Cl)c(C(=N)N)cc1CNCC(F)(F)F. The number of nitrogens with two attached hydrogens (primary N) is 1. The lowest BCUT2D eigenvalue weighted by molar-refractivity contribution is -0.125. The molecule has 0 unspecified atom stereocenters. The molecule has 0 aliphatic carbocycles. The highest BCUT2D eigenvalue weighted by atomic mass is 35.5. The third-order valence-corrected chi connectivity index (χ3v) is 2.61. The first-order valence-corrected chi connectivity index (χ1v) is 5.60. The molecule has 0 bridgehead atoms. The van der Waals surface area contributed by atoms with Crippen LogP contribution < -0.4 is 15.8 Å². The van der Waals surface area contributed by atoms with E-state index in [1.54, 1.807) is 0 Å². The van der Waals surface area contributed by atoms with Crippen molar-refractivity contribution >= 4 is 17.4 Å². The fraction of sp³-hybridized carbons (Fsp3) is 0.364. The molecule has 0 fully saturated rings. The largest absolute Gasteiger partial charge is 0.496 e. The summed E-state index contributed by atoms with van der Waals surface area (Å²) in [4.78, 5) is 0. The van der Waals surface area contributed by atoms with Crippen LogP contribution in [0.1, 0.15) is 11.1 Å². The number of nitrogens with one attached hydrogen (secondary N) is 2. The predicted molar refractivity (Wildman–Crippen MR) is 66.8 cm³/mol. The Bertz CT molecular complexity index is 477. The van der Waals surface area contributed by atoms with E-state index < -0.39 is 12.7 Å². The van der Waals surface area contributed by atoms with Gasteiger partial charge in [0.05, 0.1) is 18.7 Å². The van der Waals surface area contributed by atoms with Crippen molar-refractivity contribution in [3.8, 4) is 5.75 Å². The highest BCUT2D eigenvalue weighted by Crippen LogP contribution is 2.27. The van der Waals surface area contributed by atoms with Crippen LogP contribution in [0.4, 0.5) is 13.2 Å². The molecule has 106 valence electrons. The minimum atomic E-state index is -4.29. The van der Waals surface area contributed by atoms with Gasteiger partial charge in [0.15, 0.2) is 0 Å². The van der Waals surface area contributed by atoms with Crippen LogP contribution in [0.15, 0.2) is 12.1 Å². The molecular formula is C11H13ClF3N3O. The Morgan fingerprint density at radius 2 is 2.11 bits per heavy atom. The summed E-state index contributed by atoms with van der Waals surface area (Å²) in [5.41, 5.74) is 6.03. The molecule has 1 rings (SSSR count). The number of benzene rings is 1. The van der Waals surface area contributed by atoms with Gasteiger partial charge in [0.1, 0.15) is 11.6 Å². The van der Waals surface area contributed by atoms with Crippen molar-refractivity contribution < 1.29 is 17.9 Å². The molecule has 0 aromatic heterocycles. The van der Waals surface area contributed by atoms with Crippen molar-refractivity contribution in [2.24, 2.45) is 5.73 Å². The quantitative estimate of drug-likeness (QED) is 0.576. The fourth-order valence-corrected chi connectivity index (χ4v) is 1.73. The van der Waals surface area contributed by atoms with E-state index in [1.807, 2.05) is 0 Å². The molecule has 4 N–H and O–H groups in total.